The summed E-state index contributed by atoms with van der Waals surface area (Å²) in [4.78, 5) is 27.7. The predicted molar refractivity (Wildman–Crippen MR) is 125 cm³/mol. The van der Waals surface area contributed by atoms with Crippen molar-refractivity contribution in [1.82, 2.24) is 10.2 Å². The Morgan fingerprint density at radius 2 is 1.58 bits per heavy atom. The second-order valence-corrected chi connectivity index (χ2v) is 8.11. The zero-order valence-corrected chi connectivity index (χ0v) is 19.6. The fraction of sp³-hybridized carbons (Fsp3) is 0.440. The van der Waals surface area contributed by atoms with Crippen LogP contribution < -0.4 is 10.1 Å². The summed E-state index contributed by atoms with van der Waals surface area (Å²) in [6, 6.07) is 14.5. The van der Waals surface area contributed by atoms with Crippen LogP contribution in [0.1, 0.15) is 51.7 Å². The Balaban J connectivity index is 2.18. The number of halogens is 1. The minimum Gasteiger partial charge on any atom is -0.484 e. The molecule has 2 rings (SSSR count). The first-order chi connectivity index (χ1) is 14.9. The molecule has 0 saturated heterocycles. The first kappa shape index (κ1) is 24.7. The summed E-state index contributed by atoms with van der Waals surface area (Å²) in [6.07, 6.45) is 2.27. The van der Waals surface area contributed by atoms with E-state index in [1.807, 2.05) is 57.2 Å². The Morgan fingerprint density at radius 3 is 2.13 bits per heavy atom. The molecule has 0 radical (unpaired) electrons. The van der Waals surface area contributed by atoms with Crippen LogP contribution in [0.5, 0.6) is 5.75 Å². The molecule has 0 aliphatic carbocycles. The van der Waals surface area contributed by atoms with Gasteiger partial charge in [-0.15, -0.1) is 0 Å². The monoisotopic (exact) mass is 444 g/mol. The van der Waals surface area contributed by atoms with Gasteiger partial charge in [0.2, 0.25) is 5.91 Å². The van der Waals surface area contributed by atoms with Crippen LogP contribution in [0.15, 0.2) is 48.5 Å². The van der Waals surface area contributed by atoms with E-state index in [4.69, 9.17) is 16.3 Å². The van der Waals surface area contributed by atoms with Gasteiger partial charge in [-0.25, -0.2) is 0 Å². The number of carbonyl (C=O) groups is 2. The van der Waals surface area contributed by atoms with Gasteiger partial charge in [0.1, 0.15) is 11.8 Å². The van der Waals surface area contributed by atoms with Crippen molar-refractivity contribution in [2.75, 3.05) is 6.61 Å². The van der Waals surface area contributed by atoms with E-state index in [0.29, 0.717) is 23.7 Å². The average molecular weight is 445 g/mol. The lowest BCUT2D eigenvalue weighted by molar-refractivity contribution is -0.143. The summed E-state index contributed by atoms with van der Waals surface area (Å²) in [5.74, 6) is 0.251. The molecule has 2 aromatic carbocycles. The number of nitrogens with zero attached hydrogens (tertiary/aromatic N) is 1. The van der Waals surface area contributed by atoms with Crippen molar-refractivity contribution in [2.24, 2.45) is 0 Å². The summed E-state index contributed by atoms with van der Waals surface area (Å²) >= 11 is 6.00. The lowest BCUT2D eigenvalue weighted by Crippen LogP contribution is -2.51. The Labute approximate surface area is 190 Å². The van der Waals surface area contributed by atoms with E-state index in [9.17, 15) is 9.59 Å². The Bertz CT molecular complexity index is 837. The summed E-state index contributed by atoms with van der Waals surface area (Å²) in [5.41, 5.74) is 2.11. The molecule has 0 spiro atoms. The molecular formula is C25H33ClN2O3. The third kappa shape index (κ3) is 7.59. The van der Waals surface area contributed by atoms with E-state index < -0.39 is 6.04 Å². The molecule has 2 aromatic rings. The average Bonchev–Trinajstić information content (AvgIpc) is 2.78. The molecule has 2 amide bonds. The maximum Gasteiger partial charge on any atom is 0.261 e. The number of benzene rings is 2. The minimum absolute atomic E-state index is 0.0439. The summed E-state index contributed by atoms with van der Waals surface area (Å²) in [7, 11) is 0. The zero-order chi connectivity index (χ0) is 22.8. The number of amides is 2. The van der Waals surface area contributed by atoms with Crippen LogP contribution in [-0.2, 0) is 22.6 Å². The summed E-state index contributed by atoms with van der Waals surface area (Å²) < 4.78 is 5.74. The number of rotatable bonds is 11. The number of carbonyl (C=O) groups excluding carboxylic acids is 2. The molecule has 1 N–H and O–H groups in total. The van der Waals surface area contributed by atoms with Crippen molar-refractivity contribution >= 4 is 23.4 Å². The van der Waals surface area contributed by atoms with Gasteiger partial charge >= 0.3 is 0 Å². The first-order valence-electron chi connectivity index (χ1n) is 10.9. The topological polar surface area (TPSA) is 58.6 Å². The van der Waals surface area contributed by atoms with Gasteiger partial charge in [-0.3, -0.25) is 9.59 Å². The van der Waals surface area contributed by atoms with Crippen molar-refractivity contribution in [2.45, 2.75) is 65.6 Å². The van der Waals surface area contributed by atoms with E-state index in [-0.39, 0.29) is 24.5 Å². The van der Waals surface area contributed by atoms with E-state index in [1.165, 1.54) is 5.56 Å². The molecule has 0 saturated carbocycles. The molecule has 0 aliphatic rings. The quantitative estimate of drug-likeness (QED) is 0.530. The van der Waals surface area contributed by atoms with Gasteiger partial charge < -0.3 is 15.0 Å². The van der Waals surface area contributed by atoms with E-state index in [1.54, 1.807) is 17.0 Å². The van der Waals surface area contributed by atoms with Gasteiger partial charge in [-0.2, -0.15) is 0 Å². The van der Waals surface area contributed by atoms with Crippen LogP contribution in [0.25, 0.3) is 0 Å². The Morgan fingerprint density at radius 1 is 0.968 bits per heavy atom. The first-order valence-corrected chi connectivity index (χ1v) is 11.3. The van der Waals surface area contributed by atoms with Crippen LogP contribution in [0.2, 0.25) is 5.02 Å². The molecule has 2 atom stereocenters. The highest BCUT2D eigenvalue weighted by Gasteiger charge is 2.29. The van der Waals surface area contributed by atoms with Crippen LogP contribution in [-0.4, -0.2) is 35.4 Å². The minimum atomic E-state index is -0.580. The largest absolute Gasteiger partial charge is 0.484 e. The summed E-state index contributed by atoms with van der Waals surface area (Å²) in [6.45, 7) is 8.14. The van der Waals surface area contributed by atoms with Crippen LogP contribution >= 0.6 is 11.6 Å². The van der Waals surface area contributed by atoms with Gasteiger partial charge in [0.25, 0.3) is 5.91 Å². The molecular weight excluding hydrogens is 412 g/mol. The van der Waals surface area contributed by atoms with Crippen molar-refractivity contribution in [3.05, 3.63) is 64.7 Å². The lowest BCUT2D eigenvalue weighted by Gasteiger charge is -2.31. The van der Waals surface area contributed by atoms with Gasteiger partial charge in [-0.05, 0) is 61.6 Å². The molecule has 5 nitrogen and oxygen atoms in total. The van der Waals surface area contributed by atoms with Crippen molar-refractivity contribution in [3.63, 3.8) is 0 Å². The third-order valence-corrected chi connectivity index (χ3v) is 5.60. The van der Waals surface area contributed by atoms with E-state index in [2.05, 4.69) is 12.2 Å². The van der Waals surface area contributed by atoms with Gasteiger partial charge in [0, 0.05) is 17.6 Å². The van der Waals surface area contributed by atoms with Crippen LogP contribution in [0.3, 0.4) is 0 Å². The van der Waals surface area contributed by atoms with E-state index in [0.717, 1.165) is 18.4 Å². The van der Waals surface area contributed by atoms with Crippen molar-refractivity contribution in [1.29, 1.82) is 0 Å². The SMILES string of the molecule is CCc1ccc(OCC(=O)N(Cc2ccc(Cl)cc2)[C@@H](CC)C(=O)N[C@@H](C)CC)cc1. The highest BCUT2D eigenvalue weighted by atomic mass is 35.5. The fourth-order valence-corrected chi connectivity index (χ4v) is 3.32. The Hall–Kier alpha value is -2.53. The fourth-order valence-electron chi connectivity index (χ4n) is 3.20. The molecule has 0 heterocycles. The molecule has 0 bridgehead atoms. The molecule has 0 aliphatic heterocycles. The normalized spacial score (nSPS) is 12.7. The summed E-state index contributed by atoms with van der Waals surface area (Å²) in [5, 5.41) is 3.63. The Kier molecular flexibility index (Phi) is 9.86. The number of ether oxygens (including phenoxy) is 1. The molecule has 31 heavy (non-hydrogen) atoms. The second kappa shape index (κ2) is 12.4. The molecule has 0 unspecified atom stereocenters. The van der Waals surface area contributed by atoms with Crippen molar-refractivity contribution in [3.8, 4) is 5.75 Å². The smallest absolute Gasteiger partial charge is 0.261 e. The van der Waals surface area contributed by atoms with E-state index >= 15 is 0 Å². The maximum atomic E-state index is 13.2. The predicted octanol–water partition coefficient (Wildman–Crippen LogP) is 5.00. The number of hydrogen-bond acceptors (Lipinski definition) is 3. The zero-order valence-electron chi connectivity index (χ0n) is 18.9. The molecule has 168 valence electrons. The standard InChI is InChI=1S/C25H33ClN2O3/c1-5-18(4)27-25(30)23(7-3)28(16-20-8-12-21(26)13-9-20)24(29)17-31-22-14-10-19(6-2)11-15-22/h8-15,18,23H,5-7,16-17H2,1-4H3,(H,27,30)/t18-,23-/m0/s1. The van der Waals surface area contributed by atoms with Gasteiger partial charge in [0.05, 0.1) is 0 Å². The highest BCUT2D eigenvalue weighted by molar-refractivity contribution is 6.30. The lowest BCUT2D eigenvalue weighted by atomic mass is 10.1. The number of nitrogens with one attached hydrogen (secondary N) is 1. The van der Waals surface area contributed by atoms with Crippen LogP contribution in [0, 0.1) is 0 Å². The van der Waals surface area contributed by atoms with Crippen molar-refractivity contribution < 1.29 is 14.3 Å². The number of hydrogen-bond donors (Lipinski definition) is 1. The highest BCUT2D eigenvalue weighted by Crippen LogP contribution is 2.17. The van der Waals surface area contributed by atoms with Gasteiger partial charge in [-0.1, -0.05) is 56.6 Å². The van der Waals surface area contributed by atoms with Gasteiger partial charge in [0.15, 0.2) is 6.61 Å². The third-order valence-electron chi connectivity index (χ3n) is 5.35. The maximum absolute atomic E-state index is 13.2. The molecule has 6 heteroatoms. The van der Waals surface area contributed by atoms with Crippen LogP contribution in [0.4, 0.5) is 0 Å². The molecule has 0 aromatic heterocycles. The molecule has 0 fully saturated rings. The second-order valence-electron chi connectivity index (χ2n) is 7.68. The number of aryl methyl sites for hydroxylation is 1.